The number of hydrogen-bond donors (Lipinski definition) is 1. The summed E-state index contributed by atoms with van der Waals surface area (Å²) in [5.74, 6) is -2.45. The first-order valence-electron chi connectivity index (χ1n) is 13.0. The number of halogens is 1. The molecule has 1 saturated heterocycles. The second-order valence-corrected chi connectivity index (χ2v) is 10.9. The van der Waals surface area contributed by atoms with Crippen molar-refractivity contribution in [3.05, 3.63) is 101 Å². The third kappa shape index (κ3) is 4.93. The molecular weight excluding hydrogens is 588 g/mol. The maximum atomic E-state index is 13.2. The minimum Gasteiger partial charge on any atom is -0.507 e. The number of Topliss-reactive ketones (excluding diaryl/α,β-unsaturated/α-hetero) is 1. The van der Waals surface area contributed by atoms with Gasteiger partial charge >= 0.3 is 5.97 Å². The number of fused-ring (bicyclic) bond motifs is 2. The van der Waals surface area contributed by atoms with E-state index in [4.69, 9.17) is 9.72 Å². The zero-order valence-corrected chi connectivity index (χ0v) is 23.2. The Balaban J connectivity index is 1.29. The number of benzene rings is 3. The molecule has 2 heterocycles. The van der Waals surface area contributed by atoms with Crippen molar-refractivity contribution < 1.29 is 29.0 Å². The minimum atomic E-state index is -0.721. The molecule has 1 N–H and O–H groups in total. The lowest BCUT2D eigenvalue weighted by molar-refractivity contribution is -0.122. The molecule has 2 amide bonds. The van der Waals surface area contributed by atoms with E-state index in [1.165, 1.54) is 17.0 Å². The van der Waals surface area contributed by atoms with E-state index in [1.54, 1.807) is 60.7 Å². The van der Waals surface area contributed by atoms with Gasteiger partial charge in [-0.05, 0) is 61.4 Å². The lowest BCUT2D eigenvalue weighted by atomic mass is 9.85. The number of pyridine rings is 1. The van der Waals surface area contributed by atoms with Crippen LogP contribution in [-0.4, -0.2) is 40.3 Å². The molecule has 8 nitrogen and oxygen atoms in total. The van der Waals surface area contributed by atoms with Gasteiger partial charge in [-0.15, -0.1) is 0 Å². The lowest BCUT2D eigenvalue weighted by Gasteiger charge is -2.15. The van der Waals surface area contributed by atoms with E-state index >= 15 is 0 Å². The number of carbonyl (C=O) groups excluding carboxylic acids is 4. The van der Waals surface area contributed by atoms with Crippen LogP contribution in [0.15, 0.2) is 89.4 Å². The SMILES string of the molecule is O=C(COC(=O)c1cc(-c2ccc(N3C(=O)C4CC=CCC4C3=O)cc2)nc2ccc(Br)cc12)c1ccccc1O. The number of nitrogens with zero attached hydrogens (tertiary/aromatic N) is 2. The average molecular weight is 611 g/mol. The Morgan fingerprint density at radius 3 is 2.27 bits per heavy atom. The fourth-order valence-corrected chi connectivity index (χ4v) is 5.71. The highest BCUT2D eigenvalue weighted by Crippen LogP contribution is 2.38. The number of ketones is 1. The van der Waals surface area contributed by atoms with E-state index in [2.05, 4.69) is 15.9 Å². The molecule has 4 aromatic rings. The summed E-state index contributed by atoms with van der Waals surface area (Å²) in [6, 6.07) is 19.9. The van der Waals surface area contributed by atoms with Crippen molar-refractivity contribution in [2.45, 2.75) is 12.8 Å². The minimum absolute atomic E-state index is 0.0638. The van der Waals surface area contributed by atoms with E-state index in [9.17, 15) is 24.3 Å². The highest BCUT2D eigenvalue weighted by Gasteiger charge is 2.47. The Morgan fingerprint density at radius 1 is 0.902 bits per heavy atom. The number of esters is 1. The number of rotatable bonds is 6. The number of anilines is 1. The van der Waals surface area contributed by atoms with E-state index in [1.807, 2.05) is 12.2 Å². The van der Waals surface area contributed by atoms with Crippen molar-refractivity contribution in [3.63, 3.8) is 0 Å². The van der Waals surface area contributed by atoms with Crippen molar-refractivity contribution in [3.8, 4) is 17.0 Å². The van der Waals surface area contributed by atoms with Gasteiger partial charge in [0.2, 0.25) is 17.6 Å². The van der Waals surface area contributed by atoms with Gasteiger partial charge in [-0.1, -0.05) is 52.3 Å². The molecule has 1 aliphatic heterocycles. The van der Waals surface area contributed by atoms with Gasteiger partial charge in [0, 0.05) is 15.4 Å². The third-order valence-corrected chi connectivity index (χ3v) is 7.95. The molecule has 3 aromatic carbocycles. The largest absolute Gasteiger partial charge is 0.507 e. The number of amides is 2. The Labute approximate surface area is 243 Å². The monoisotopic (exact) mass is 610 g/mol. The first kappa shape index (κ1) is 26.6. The molecular formula is C32H23BrN2O6. The summed E-state index contributed by atoms with van der Waals surface area (Å²) in [6.07, 6.45) is 5.04. The second kappa shape index (κ2) is 10.7. The van der Waals surface area contributed by atoms with Gasteiger partial charge in [0.15, 0.2) is 6.61 Å². The van der Waals surface area contributed by atoms with Gasteiger partial charge in [0.05, 0.1) is 39.9 Å². The molecule has 0 spiro atoms. The molecule has 1 aromatic heterocycles. The van der Waals surface area contributed by atoms with Crippen molar-refractivity contribution in [2.24, 2.45) is 11.8 Å². The van der Waals surface area contributed by atoms with Crippen LogP contribution in [0.2, 0.25) is 0 Å². The number of allylic oxidation sites excluding steroid dienone is 2. The van der Waals surface area contributed by atoms with Gasteiger partial charge in [-0.2, -0.15) is 0 Å². The summed E-state index contributed by atoms with van der Waals surface area (Å²) in [4.78, 5) is 57.7. The number of ether oxygens (including phenoxy) is 1. The standard InChI is InChI=1S/C32H23BrN2O6/c33-19-11-14-26-24(15-19)25(32(40)41-17-29(37)23-7-3-4-8-28(23)36)16-27(34-26)18-9-12-20(13-10-18)35-30(38)21-5-1-2-6-22(21)31(35)39/h1-4,7-16,21-22,36H,5-6,17H2. The fourth-order valence-electron chi connectivity index (χ4n) is 5.35. The quantitative estimate of drug-likeness (QED) is 0.126. The fraction of sp³-hybridized carbons (Fsp3) is 0.156. The highest BCUT2D eigenvalue weighted by atomic mass is 79.9. The zero-order chi connectivity index (χ0) is 28.7. The van der Waals surface area contributed by atoms with Crippen LogP contribution in [0.3, 0.4) is 0 Å². The molecule has 2 atom stereocenters. The predicted octanol–water partition coefficient (Wildman–Crippen LogP) is 5.87. The number of imide groups is 1. The predicted molar refractivity (Wildman–Crippen MR) is 155 cm³/mol. The summed E-state index contributed by atoms with van der Waals surface area (Å²) in [6.45, 7) is -0.548. The van der Waals surface area contributed by atoms with Gasteiger partial charge < -0.3 is 9.84 Å². The Hall–Kier alpha value is -4.63. The van der Waals surface area contributed by atoms with Crippen LogP contribution in [0, 0.1) is 11.8 Å². The molecule has 9 heteroatoms. The van der Waals surface area contributed by atoms with Gasteiger partial charge in [-0.25, -0.2) is 9.78 Å². The first-order valence-corrected chi connectivity index (χ1v) is 13.8. The van der Waals surface area contributed by atoms with Crippen LogP contribution >= 0.6 is 15.9 Å². The molecule has 1 aliphatic carbocycles. The first-order chi connectivity index (χ1) is 19.8. The number of aromatic hydroxyl groups is 1. The van der Waals surface area contributed by atoms with Crippen LogP contribution in [0.5, 0.6) is 5.75 Å². The molecule has 204 valence electrons. The highest BCUT2D eigenvalue weighted by molar-refractivity contribution is 9.10. The van der Waals surface area contributed by atoms with Gasteiger partial charge in [-0.3, -0.25) is 19.3 Å². The zero-order valence-electron chi connectivity index (χ0n) is 21.6. The van der Waals surface area contributed by atoms with E-state index < -0.39 is 18.4 Å². The number of carbonyl (C=O) groups is 4. The molecule has 6 rings (SSSR count). The van der Waals surface area contributed by atoms with E-state index in [0.717, 1.165) is 4.47 Å². The maximum Gasteiger partial charge on any atom is 0.339 e. The van der Waals surface area contributed by atoms with E-state index in [0.29, 0.717) is 40.7 Å². The summed E-state index contributed by atoms with van der Waals surface area (Å²) >= 11 is 3.43. The number of para-hydroxylation sites is 1. The molecule has 2 unspecified atom stereocenters. The van der Waals surface area contributed by atoms with Crippen LogP contribution in [0.25, 0.3) is 22.2 Å². The average Bonchev–Trinajstić information content (AvgIpc) is 3.25. The molecule has 2 aliphatic rings. The Kier molecular flexibility index (Phi) is 6.96. The smallest absolute Gasteiger partial charge is 0.339 e. The summed E-state index contributed by atoms with van der Waals surface area (Å²) < 4.78 is 6.10. The normalized spacial score (nSPS) is 18.0. The van der Waals surface area contributed by atoms with Crippen molar-refractivity contribution in [2.75, 3.05) is 11.5 Å². The van der Waals surface area contributed by atoms with Gasteiger partial charge in [0.25, 0.3) is 0 Å². The summed E-state index contributed by atoms with van der Waals surface area (Å²) in [5.41, 5.74) is 2.44. The number of phenols is 1. The van der Waals surface area contributed by atoms with Crippen LogP contribution < -0.4 is 4.90 Å². The molecule has 1 fully saturated rings. The Bertz CT molecular complexity index is 1740. The van der Waals surface area contributed by atoms with Gasteiger partial charge in [0.1, 0.15) is 5.75 Å². The summed E-state index contributed by atoms with van der Waals surface area (Å²) in [5, 5.41) is 10.5. The van der Waals surface area contributed by atoms with E-state index in [-0.39, 0.29) is 40.5 Å². The molecule has 0 bridgehead atoms. The number of hydrogen-bond acceptors (Lipinski definition) is 7. The maximum absolute atomic E-state index is 13.2. The molecule has 0 saturated carbocycles. The molecule has 0 radical (unpaired) electrons. The summed E-state index contributed by atoms with van der Waals surface area (Å²) in [7, 11) is 0. The second-order valence-electron chi connectivity index (χ2n) is 9.95. The van der Waals surface area contributed by atoms with Crippen molar-refractivity contribution >= 4 is 56.1 Å². The van der Waals surface area contributed by atoms with Crippen LogP contribution in [-0.2, 0) is 14.3 Å². The lowest BCUT2D eigenvalue weighted by Crippen LogP contribution is -2.30. The van der Waals surface area contributed by atoms with Crippen LogP contribution in [0.4, 0.5) is 5.69 Å². The Morgan fingerprint density at radius 2 is 1.59 bits per heavy atom. The van der Waals surface area contributed by atoms with Crippen molar-refractivity contribution in [1.29, 1.82) is 0 Å². The topological polar surface area (TPSA) is 114 Å². The number of phenolic OH excluding ortho intramolecular Hbond substituents is 1. The van der Waals surface area contributed by atoms with Crippen LogP contribution in [0.1, 0.15) is 33.6 Å². The molecule has 41 heavy (non-hydrogen) atoms. The third-order valence-electron chi connectivity index (χ3n) is 7.46. The van der Waals surface area contributed by atoms with Crippen molar-refractivity contribution in [1.82, 2.24) is 4.98 Å². The number of aromatic nitrogens is 1.